The molecule has 1 heterocycles. The van der Waals surface area contributed by atoms with Crippen LogP contribution in [0.1, 0.15) is 11.1 Å². The Morgan fingerprint density at radius 2 is 1.92 bits per heavy atom. The summed E-state index contributed by atoms with van der Waals surface area (Å²) < 4.78 is 12.8. The molecule has 0 fully saturated rings. The molecule has 0 saturated carbocycles. The summed E-state index contributed by atoms with van der Waals surface area (Å²) in [4.78, 5) is 0. The summed E-state index contributed by atoms with van der Waals surface area (Å²) in [6, 6.07) is 10.9. The third-order valence-electron chi connectivity index (χ3n) is 3.33. The Hall–Kier alpha value is -2.57. The number of hydrogen-bond donors (Lipinski definition) is 0. The zero-order valence-electron chi connectivity index (χ0n) is 13.3. The van der Waals surface area contributed by atoms with Crippen molar-refractivity contribution in [3.8, 4) is 11.5 Å². The van der Waals surface area contributed by atoms with Crippen molar-refractivity contribution < 1.29 is 9.47 Å². The molecule has 0 bridgehead atoms. The number of halogens is 2. The monoisotopic (exact) mass is 376 g/mol. The molecule has 0 N–H and O–H groups in total. The van der Waals surface area contributed by atoms with E-state index in [-0.39, 0.29) is 0 Å². The van der Waals surface area contributed by atoms with E-state index in [1.807, 2.05) is 24.3 Å². The predicted molar refractivity (Wildman–Crippen MR) is 96.8 cm³/mol. The Balaban J connectivity index is 1.84. The van der Waals surface area contributed by atoms with Gasteiger partial charge in [-0.2, -0.15) is 5.10 Å². The van der Waals surface area contributed by atoms with Gasteiger partial charge < -0.3 is 9.47 Å². The Labute approximate surface area is 154 Å². The van der Waals surface area contributed by atoms with Crippen LogP contribution in [0.3, 0.4) is 0 Å². The number of aromatic nitrogens is 3. The van der Waals surface area contributed by atoms with Gasteiger partial charge in [0.05, 0.1) is 23.4 Å². The van der Waals surface area contributed by atoms with Crippen molar-refractivity contribution in [2.75, 3.05) is 7.11 Å². The Bertz CT molecular complexity index is 882. The number of hydrogen-bond acceptors (Lipinski definition) is 5. The first-order valence-corrected chi connectivity index (χ1v) is 8.05. The van der Waals surface area contributed by atoms with Crippen LogP contribution in [0, 0.1) is 0 Å². The molecular weight excluding hydrogens is 363 g/mol. The summed E-state index contributed by atoms with van der Waals surface area (Å²) in [5, 5.41) is 12.6. The maximum Gasteiger partial charge on any atom is 0.170 e. The van der Waals surface area contributed by atoms with E-state index in [1.165, 1.54) is 17.3 Å². The van der Waals surface area contributed by atoms with E-state index < -0.39 is 0 Å². The van der Waals surface area contributed by atoms with Crippen LogP contribution in [0.5, 0.6) is 11.5 Å². The van der Waals surface area contributed by atoms with Crippen LogP contribution in [-0.4, -0.2) is 28.2 Å². The van der Waals surface area contributed by atoms with E-state index in [4.69, 9.17) is 32.7 Å². The predicted octanol–water partition coefficient (Wildman–Crippen LogP) is 4.05. The topological polar surface area (TPSA) is 61.5 Å². The zero-order chi connectivity index (χ0) is 17.6. The molecule has 0 amide bonds. The first-order valence-electron chi connectivity index (χ1n) is 7.30. The van der Waals surface area contributed by atoms with E-state index in [0.717, 1.165) is 11.1 Å². The maximum absolute atomic E-state index is 6.04. The van der Waals surface area contributed by atoms with Crippen molar-refractivity contribution in [1.29, 1.82) is 0 Å². The number of methoxy groups -OCH3 is 1. The van der Waals surface area contributed by atoms with Gasteiger partial charge in [0.15, 0.2) is 11.5 Å². The lowest BCUT2D eigenvalue weighted by Gasteiger charge is -2.13. The second-order valence-electron chi connectivity index (χ2n) is 5.00. The lowest BCUT2D eigenvalue weighted by molar-refractivity contribution is 0.284. The Morgan fingerprint density at radius 1 is 1.12 bits per heavy atom. The SMILES string of the molecule is COc1cccc(/C=N/n2cnnc2)c1OCc1ccc(Cl)c(Cl)c1. The first-order chi connectivity index (χ1) is 12.2. The minimum Gasteiger partial charge on any atom is -0.493 e. The minimum absolute atomic E-state index is 0.310. The van der Waals surface area contributed by atoms with Crippen LogP contribution in [0.4, 0.5) is 0 Å². The van der Waals surface area contributed by atoms with Crippen LogP contribution < -0.4 is 9.47 Å². The highest BCUT2D eigenvalue weighted by atomic mass is 35.5. The maximum atomic E-state index is 6.04. The van der Waals surface area contributed by atoms with Crippen LogP contribution in [0.15, 0.2) is 54.2 Å². The van der Waals surface area contributed by atoms with E-state index in [1.54, 1.807) is 25.5 Å². The third-order valence-corrected chi connectivity index (χ3v) is 4.07. The van der Waals surface area contributed by atoms with Crippen molar-refractivity contribution in [3.05, 3.63) is 70.2 Å². The van der Waals surface area contributed by atoms with Crippen molar-refractivity contribution in [1.82, 2.24) is 14.9 Å². The van der Waals surface area contributed by atoms with E-state index in [0.29, 0.717) is 28.2 Å². The van der Waals surface area contributed by atoms with Gasteiger partial charge >= 0.3 is 0 Å². The normalized spacial score (nSPS) is 11.0. The van der Waals surface area contributed by atoms with E-state index in [9.17, 15) is 0 Å². The quantitative estimate of drug-likeness (QED) is 0.608. The molecule has 0 aliphatic carbocycles. The highest BCUT2D eigenvalue weighted by molar-refractivity contribution is 6.42. The third kappa shape index (κ3) is 4.29. The number of rotatable bonds is 6. The fraction of sp³-hybridized carbons (Fsp3) is 0.118. The smallest absolute Gasteiger partial charge is 0.170 e. The largest absolute Gasteiger partial charge is 0.493 e. The van der Waals surface area contributed by atoms with Gasteiger partial charge in [-0.05, 0) is 29.8 Å². The average Bonchev–Trinajstić information content (AvgIpc) is 3.14. The molecule has 25 heavy (non-hydrogen) atoms. The van der Waals surface area contributed by atoms with Crippen LogP contribution in [0.2, 0.25) is 10.0 Å². The van der Waals surface area contributed by atoms with Gasteiger partial charge in [-0.25, -0.2) is 4.68 Å². The molecule has 8 heteroatoms. The molecule has 0 aliphatic rings. The van der Waals surface area contributed by atoms with Gasteiger partial charge in [0, 0.05) is 5.56 Å². The molecule has 128 valence electrons. The zero-order valence-corrected chi connectivity index (χ0v) is 14.8. The summed E-state index contributed by atoms with van der Waals surface area (Å²) in [5.74, 6) is 1.18. The lowest BCUT2D eigenvalue weighted by atomic mass is 10.2. The molecule has 0 unspecified atom stereocenters. The summed E-state index contributed by atoms with van der Waals surface area (Å²) in [7, 11) is 1.59. The highest BCUT2D eigenvalue weighted by Gasteiger charge is 2.10. The van der Waals surface area contributed by atoms with Gasteiger partial charge in [0.25, 0.3) is 0 Å². The van der Waals surface area contributed by atoms with Crippen molar-refractivity contribution >= 4 is 29.4 Å². The van der Waals surface area contributed by atoms with Crippen LogP contribution in [0.25, 0.3) is 0 Å². The van der Waals surface area contributed by atoms with Gasteiger partial charge in [-0.3, -0.25) is 0 Å². The highest BCUT2D eigenvalue weighted by Crippen LogP contribution is 2.31. The minimum atomic E-state index is 0.310. The second kappa shape index (κ2) is 8.00. The lowest BCUT2D eigenvalue weighted by Crippen LogP contribution is -2.01. The van der Waals surface area contributed by atoms with Crippen molar-refractivity contribution in [3.63, 3.8) is 0 Å². The molecule has 0 radical (unpaired) electrons. The fourth-order valence-electron chi connectivity index (χ4n) is 2.12. The average molecular weight is 377 g/mol. The number of benzene rings is 2. The van der Waals surface area contributed by atoms with E-state index >= 15 is 0 Å². The number of nitrogens with zero attached hydrogens (tertiary/aromatic N) is 4. The summed E-state index contributed by atoms with van der Waals surface area (Å²) >= 11 is 12.0. The van der Waals surface area contributed by atoms with Crippen LogP contribution in [-0.2, 0) is 6.61 Å². The molecule has 0 saturated heterocycles. The van der Waals surface area contributed by atoms with Crippen molar-refractivity contribution in [2.45, 2.75) is 6.61 Å². The number of ether oxygens (including phenoxy) is 2. The Kier molecular flexibility index (Phi) is 5.53. The van der Waals surface area contributed by atoms with Gasteiger partial charge in [-0.1, -0.05) is 35.3 Å². The molecule has 0 spiro atoms. The Morgan fingerprint density at radius 3 is 2.64 bits per heavy atom. The summed E-state index contributed by atoms with van der Waals surface area (Å²) in [6.07, 6.45) is 4.63. The van der Waals surface area contributed by atoms with Gasteiger partial charge in [0.2, 0.25) is 0 Å². The summed E-state index contributed by atoms with van der Waals surface area (Å²) in [6.45, 7) is 0.310. The summed E-state index contributed by atoms with van der Waals surface area (Å²) in [5.41, 5.74) is 1.65. The molecular formula is C17H14Cl2N4O2. The molecule has 3 rings (SSSR count). The van der Waals surface area contributed by atoms with Crippen molar-refractivity contribution in [2.24, 2.45) is 5.10 Å². The second-order valence-corrected chi connectivity index (χ2v) is 5.82. The van der Waals surface area contributed by atoms with Gasteiger partial charge in [-0.15, -0.1) is 10.2 Å². The standard InChI is InChI=1S/C17H14Cl2N4O2/c1-24-16-4-2-3-13(8-22-23-10-20-21-11-23)17(16)25-9-12-5-6-14(18)15(19)7-12/h2-8,10-11H,9H2,1H3/b22-8+. The molecule has 0 aliphatic heterocycles. The first kappa shape index (κ1) is 17.3. The molecule has 0 atom stereocenters. The molecule has 2 aromatic carbocycles. The number of para-hydroxylation sites is 1. The fourth-order valence-corrected chi connectivity index (χ4v) is 2.44. The van der Waals surface area contributed by atoms with E-state index in [2.05, 4.69) is 15.3 Å². The molecule has 3 aromatic rings. The molecule has 1 aromatic heterocycles. The molecule has 6 nitrogen and oxygen atoms in total. The van der Waals surface area contributed by atoms with Crippen LogP contribution >= 0.6 is 23.2 Å². The van der Waals surface area contributed by atoms with Gasteiger partial charge in [0.1, 0.15) is 19.3 Å².